The van der Waals surface area contributed by atoms with Crippen molar-refractivity contribution in [1.82, 2.24) is 20.5 Å². The van der Waals surface area contributed by atoms with E-state index in [4.69, 9.17) is 4.74 Å². The lowest BCUT2D eigenvalue weighted by Gasteiger charge is -2.10. The molecule has 0 fully saturated rings. The number of pyridine rings is 1. The largest absolute Gasteiger partial charge is 0.416 e. The molecule has 0 amide bonds. The van der Waals surface area contributed by atoms with Gasteiger partial charge in [-0.2, -0.15) is 0 Å². The summed E-state index contributed by atoms with van der Waals surface area (Å²) in [6, 6.07) is 3.60. The molecule has 2 aromatic heterocycles. The minimum Gasteiger partial charge on any atom is -0.416 e. The van der Waals surface area contributed by atoms with Crippen molar-refractivity contribution in [3.8, 4) is 11.8 Å². The van der Waals surface area contributed by atoms with Gasteiger partial charge in [0.2, 0.25) is 5.88 Å². The third kappa shape index (κ3) is 3.51. The molecule has 2 heterocycles. The van der Waals surface area contributed by atoms with Crippen LogP contribution in [0.15, 0.2) is 18.3 Å². The van der Waals surface area contributed by atoms with Crippen LogP contribution < -0.4 is 10.1 Å². The summed E-state index contributed by atoms with van der Waals surface area (Å²) in [5.41, 5.74) is 1.36. The summed E-state index contributed by atoms with van der Waals surface area (Å²) in [5, 5.41) is 9.76. The lowest BCUT2D eigenvalue weighted by atomic mass is 10.2. The van der Waals surface area contributed by atoms with Gasteiger partial charge in [0, 0.05) is 36.1 Å². The fraction of sp³-hybridized carbons (Fsp3) is 0.385. The Hall–Kier alpha value is -1.95. The molecule has 6 heteroatoms. The molecule has 0 aliphatic heterocycles. The molecule has 0 saturated heterocycles. The van der Waals surface area contributed by atoms with Gasteiger partial charge >= 0.3 is 0 Å². The SMILES string of the molecule is Cc1cc(Oc2nccc(CNC(C)C)c2F)n[nH]1. The Bertz CT molecular complexity index is 553. The first-order chi connectivity index (χ1) is 9.06. The monoisotopic (exact) mass is 264 g/mol. The van der Waals surface area contributed by atoms with Crippen molar-refractivity contribution in [3.63, 3.8) is 0 Å². The number of aryl methyl sites for hydroxylation is 1. The van der Waals surface area contributed by atoms with Gasteiger partial charge in [0.15, 0.2) is 5.82 Å². The maximum Gasteiger partial charge on any atom is 0.257 e. The Kier molecular flexibility index (Phi) is 4.11. The van der Waals surface area contributed by atoms with Crippen LogP contribution in [0.4, 0.5) is 4.39 Å². The Labute approximate surface area is 111 Å². The van der Waals surface area contributed by atoms with Crippen LogP contribution in [0.2, 0.25) is 0 Å². The molecule has 5 nitrogen and oxygen atoms in total. The van der Waals surface area contributed by atoms with Gasteiger partial charge in [-0.1, -0.05) is 13.8 Å². The quantitative estimate of drug-likeness (QED) is 0.871. The van der Waals surface area contributed by atoms with E-state index in [9.17, 15) is 4.39 Å². The van der Waals surface area contributed by atoms with Crippen LogP contribution in [-0.4, -0.2) is 21.2 Å². The van der Waals surface area contributed by atoms with Crippen LogP contribution in [0.25, 0.3) is 0 Å². The number of aromatic amines is 1. The first-order valence-corrected chi connectivity index (χ1v) is 6.13. The van der Waals surface area contributed by atoms with Crippen molar-refractivity contribution >= 4 is 0 Å². The summed E-state index contributed by atoms with van der Waals surface area (Å²) in [7, 11) is 0. The summed E-state index contributed by atoms with van der Waals surface area (Å²) in [4.78, 5) is 3.89. The van der Waals surface area contributed by atoms with Gasteiger partial charge in [-0.15, -0.1) is 5.10 Å². The fourth-order valence-corrected chi connectivity index (χ4v) is 1.53. The van der Waals surface area contributed by atoms with Crippen molar-refractivity contribution in [2.75, 3.05) is 0 Å². The number of nitrogens with zero attached hydrogens (tertiary/aromatic N) is 2. The zero-order valence-electron chi connectivity index (χ0n) is 11.2. The lowest BCUT2D eigenvalue weighted by molar-refractivity contribution is 0.403. The molecule has 0 atom stereocenters. The Morgan fingerprint density at radius 1 is 1.47 bits per heavy atom. The van der Waals surface area contributed by atoms with Gasteiger partial charge in [0.1, 0.15) is 0 Å². The summed E-state index contributed by atoms with van der Waals surface area (Å²) in [5.74, 6) is -0.219. The average Bonchev–Trinajstić information content (AvgIpc) is 2.76. The van der Waals surface area contributed by atoms with Crippen molar-refractivity contribution < 1.29 is 9.13 Å². The van der Waals surface area contributed by atoms with Crippen LogP contribution in [0.3, 0.4) is 0 Å². The smallest absolute Gasteiger partial charge is 0.257 e. The van der Waals surface area contributed by atoms with E-state index in [2.05, 4.69) is 20.5 Å². The van der Waals surface area contributed by atoms with E-state index in [0.29, 0.717) is 18.0 Å². The third-order valence-corrected chi connectivity index (χ3v) is 2.52. The Morgan fingerprint density at radius 3 is 2.89 bits per heavy atom. The molecule has 0 aliphatic rings. The molecule has 0 saturated carbocycles. The molecule has 2 rings (SSSR count). The number of hydrogen-bond donors (Lipinski definition) is 2. The number of hydrogen-bond acceptors (Lipinski definition) is 4. The van der Waals surface area contributed by atoms with Crippen molar-refractivity contribution in [2.45, 2.75) is 33.4 Å². The molecule has 102 valence electrons. The average molecular weight is 264 g/mol. The van der Waals surface area contributed by atoms with Crippen LogP contribution >= 0.6 is 0 Å². The number of ether oxygens (including phenoxy) is 1. The number of nitrogens with one attached hydrogen (secondary N) is 2. The number of rotatable bonds is 5. The van der Waals surface area contributed by atoms with Gasteiger partial charge in [0.05, 0.1) is 0 Å². The first-order valence-electron chi connectivity index (χ1n) is 6.13. The van der Waals surface area contributed by atoms with Crippen LogP contribution in [0.1, 0.15) is 25.1 Å². The second-order valence-corrected chi connectivity index (χ2v) is 4.62. The van der Waals surface area contributed by atoms with Gasteiger partial charge in [-0.3, -0.25) is 5.10 Å². The highest BCUT2D eigenvalue weighted by Gasteiger charge is 2.13. The van der Waals surface area contributed by atoms with Crippen LogP contribution in [0, 0.1) is 12.7 Å². The van der Waals surface area contributed by atoms with E-state index >= 15 is 0 Å². The molecule has 0 radical (unpaired) electrons. The summed E-state index contributed by atoms with van der Waals surface area (Å²) in [6.07, 6.45) is 1.52. The highest BCUT2D eigenvalue weighted by molar-refractivity contribution is 5.27. The normalized spacial score (nSPS) is 11.0. The standard InChI is InChI=1S/C13H17FN4O/c1-8(2)16-7-10-4-5-15-13(12(10)14)19-11-6-9(3)17-18-11/h4-6,8,16H,7H2,1-3H3,(H,17,18). The predicted molar refractivity (Wildman–Crippen MR) is 69.6 cm³/mol. The number of H-pyrrole nitrogens is 1. The Morgan fingerprint density at radius 2 is 2.26 bits per heavy atom. The molecule has 0 bridgehead atoms. The highest BCUT2D eigenvalue weighted by Crippen LogP contribution is 2.22. The van der Waals surface area contributed by atoms with Crippen molar-refractivity contribution in [1.29, 1.82) is 0 Å². The first kappa shape index (κ1) is 13.5. The summed E-state index contributed by atoms with van der Waals surface area (Å²) in [6.45, 7) is 6.28. The van der Waals surface area contributed by atoms with Crippen molar-refractivity contribution in [2.24, 2.45) is 0 Å². The molecule has 0 aromatic carbocycles. The van der Waals surface area contributed by atoms with E-state index in [1.165, 1.54) is 6.20 Å². The molecule has 0 aliphatic carbocycles. The zero-order chi connectivity index (χ0) is 13.8. The second-order valence-electron chi connectivity index (χ2n) is 4.62. The van der Waals surface area contributed by atoms with E-state index in [1.807, 2.05) is 20.8 Å². The van der Waals surface area contributed by atoms with Gasteiger partial charge in [-0.05, 0) is 13.0 Å². The summed E-state index contributed by atoms with van der Waals surface area (Å²) < 4.78 is 19.5. The van der Waals surface area contributed by atoms with Crippen LogP contribution in [0.5, 0.6) is 11.8 Å². The van der Waals surface area contributed by atoms with Crippen molar-refractivity contribution in [3.05, 3.63) is 35.4 Å². The van der Waals surface area contributed by atoms with Gasteiger partial charge in [0.25, 0.3) is 5.88 Å². The highest BCUT2D eigenvalue weighted by atomic mass is 19.1. The molecule has 0 spiro atoms. The molecule has 2 aromatic rings. The fourth-order valence-electron chi connectivity index (χ4n) is 1.53. The van der Waals surface area contributed by atoms with E-state index in [1.54, 1.807) is 12.1 Å². The molecular weight excluding hydrogens is 247 g/mol. The Balaban J connectivity index is 2.15. The maximum atomic E-state index is 14.1. The van der Waals surface area contributed by atoms with Gasteiger partial charge in [-0.25, -0.2) is 9.37 Å². The molecule has 2 N–H and O–H groups in total. The lowest BCUT2D eigenvalue weighted by Crippen LogP contribution is -2.22. The maximum absolute atomic E-state index is 14.1. The molecule has 19 heavy (non-hydrogen) atoms. The predicted octanol–water partition coefficient (Wildman–Crippen LogP) is 2.54. The number of aromatic nitrogens is 3. The van der Waals surface area contributed by atoms with Crippen LogP contribution in [-0.2, 0) is 6.54 Å². The molecular formula is C13H17FN4O. The van der Waals surface area contributed by atoms with E-state index in [-0.39, 0.29) is 11.9 Å². The summed E-state index contributed by atoms with van der Waals surface area (Å²) >= 11 is 0. The zero-order valence-corrected chi connectivity index (χ0v) is 11.2. The van der Waals surface area contributed by atoms with E-state index < -0.39 is 5.82 Å². The topological polar surface area (TPSA) is 62.8 Å². The third-order valence-electron chi connectivity index (χ3n) is 2.52. The minimum atomic E-state index is -0.462. The van der Waals surface area contributed by atoms with E-state index in [0.717, 1.165) is 5.69 Å². The second kappa shape index (κ2) is 5.79. The number of halogens is 1. The molecule has 0 unspecified atom stereocenters. The van der Waals surface area contributed by atoms with Gasteiger partial charge < -0.3 is 10.1 Å². The minimum absolute atomic E-state index is 0.0606.